The Balaban J connectivity index is 1.83. The summed E-state index contributed by atoms with van der Waals surface area (Å²) in [4.78, 5) is 44.6. The highest BCUT2D eigenvalue weighted by Crippen LogP contribution is 2.22. The van der Waals surface area contributed by atoms with Crippen molar-refractivity contribution in [3.05, 3.63) is 114 Å². The lowest BCUT2D eigenvalue weighted by Crippen LogP contribution is -2.43. The van der Waals surface area contributed by atoms with Crippen LogP contribution in [0.5, 0.6) is 5.75 Å². The van der Waals surface area contributed by atoms with Gasteiger partial charge in [0.25, 0.3) is 5.56 Å². The summed E-state index contributed by atoms with van der Waals surface area (Å²) < 4.78 is 34.6. The molecule has 0 aliphatic rings. The van der Waals surface area contributed by atoms with E-state index in [2.05, 4.69) is 15.3 Å². The van der Waals surface area contributed by atoms with Crippen LogP contribution >= 0.6 is 11.6 Å². The van der Waals surface area contributed by atoms with Crippen molar-refractivity contribution < 1.29 is 13.5 Å². The van der Waals surface area contributed by atoms with Crippen LogP contribution < -0.4 is 27.0 Å². The first-order valence-electron chi connectivity index (χ1n) is 10.2. The van der Waals surface area contributed by atoms with Crippen LogP contribution in [0, 0.1) is 11.6 Å². The minimum Gasteiger partial charge on any atom is -0.497 e. The maximum Gasteiger partial charge on any atom is 0.355 e. The van der Waals surface area contributed by atoms with Gasteiger partial charge in [0.2, 0.25) is 5.95 Å². The van der Waals surface area contributed by atoms with Crippen molar-refractivity contribution in [1.82, 2.24) is 19.1 Å². The number of nitrogens with zero attached hydrogens (tertiary/aromatic N) is 3. The normalized spacial score (nSPS) is 10.9. The lowest BCUT2D eigenvalue weighted by Gasteiger charge is -2.16. The topological polar surface area (TPSA) is 111 Å². The Morgan fingerprint density at radius 1 is 1.06 bits per heavy atom. The number of pyridine rings is 1. The quantitative estimate of drug-likeness (QED) is 0.377. The molecule has 0 spiro atoms. The minimum atomic E-state index is -1.22. The van der Waals surface area contributed by atoms with Crippen molar-refractivity contribution in [2.45, 2.75) is 13.1 Å². The first-order valence-corrected chi connectivity index (χ1v) is 10.6. The molecular formula is C23H18ClF2N5O4. The van der Waals surface area contributed by atoms with Crippen LogP contribution in [0.4, 0.5) is 20.4 Å². The minimum absolute atomic E-state index is 0.149. The van der Waals surface area contributed by atoms with Gasteiger partial charge in [-0.15, -0.1) is 0 Å². The lowest BCUT2D eigenvalue weighted by atomic mass is 10.2. The van der Waals surface area contributed by atoms with Gasteiger partial charge in [-0.1, -0.05) is 17.7 Å². The summed E-state index contributed by atoms with van der Waals surface area (Å²) in [5, 5.41) is 2.42. The van der Waals surface area contributed by atoms with Gasteiger partial charge >= 0.3 is 11.4 Å². The molecule has 0 fully saturated rings. The molecule has 180 valence electrons. The number of aromatic amines is 1. The molecule has 0 aliphatic carbocycles. The molecule has 0 saturated carbocycles. The number of rotatable bonds is 7. The fourth-order valence-electron chi connectivity index (χ4n) is 3.34. The summed E-state index contributed by atoms with van der Waals surface area (Å²) in [6.07, 6.45) is 1.42. The SMILES string of the molecule is COc1ccc(Nc2nc(=O)n(Cc3ccc[nH]c3=O)c(=O)n2Cc2cc(F)c(F)c(Cl)c2)cc1. The Morgan fingerprint density at radius 3 is 2.46 bits per heavy atom. The van der Waals surface area contributed by atoms with E-state index in [4.69, 9.17) is 16.3 Å². The zero-order valence-corrected chi connectivity index (χ0v) is 19.0. The summed E-state index contributed by atoms with van der Waals surface area (Å²) in [5.41, 5.74) is -1.42. The second-order valence-corrected chi connectivity index (χ2v) is 7.83. The van der Waals surface area contributed by atoms with Gasteiger partial charge in [-0.25, -0.2) is 22.9 Å². The van der Waals surface area contributed by atoms with Gasteiger partial charge in [0.15, 0.2) is 11.6 Å². The van der Waals surface area contributed by atoms with E-state index < -0.39 is 33.6 Å². The average Bonchev–Trinajstić information content (AvgIpc) is 2.84. The number of ether oxygens (including phenoxy) is 1. The summed E-state index contributed by atoms with van der Waals surface area (Å²) in [5.74, 6) is -1.97. The van der Waals surface area contributed by atoms with Crippen LogP contribution in [0.15, 0.2) is 69.1 Å². The molecule has 0 radical (unpaired) electrons. The van der Waals surface area contributed by atoms with E-state index in [0.29, 0.717) is 11.4 Å². The zero-order chi connectivity index (χ0) is 25.1. The van der Waals surface area contributed by atoms with Gasteiger partial charge < -0.3 is 15.0 Å². The number of benzene rings is 2. The molecular weight excluding hydrogens is 484 g/mol. The number of aromatic nitrogens is 4. The van der Waals surface area contributed by atoms with E-state index in [-0.39, 0.29) is 30.2 Å². The van der Waals surface area contributed by atoms with Crippen molar-refractivity contribution in [1.29, 1.82) is 0 Å². The third kappa shape index (κ3) is 5.14. The number of hydrogen-bond donors (Lipinski definition) is 2. The number of hydrogen-bond acceptors (Lipinski definition) is 6. The zero-order valence-electron chi connectivity index (χ0n) is 18.2. The molecule has 0 unspecified atom stereocenters. The maximum absolute atomic E-state index is 14.0. The van der Waals surface area contributed by atoms with Gasteiger partial charge in [-0.2, -0.15) is 4.98 Å². The number of halogens is 3. The summed E-state index contributed by atoms with van der Waals surface area (Å²) in [6.45, 7) is -0.644. The van der Waals surface area contributed by atoms with Crippen LogP contribution in [-0.2, 0) is 13.1 Å². The Morgan fingerprint density at radius 2 is 1.80 bits per heavy atom. The molecule has 4 rings (SSSR count). The molecule has 12 heteroatoms. The first-order chi connectivity index (χ1) is 16.8. The first kappa shape index (κ1) is 23.9. The maximum atomic E-state index is 14.0. The molecule has 2 aromatic carbocycles. The Hall–Kier alpha value is -4.25. The molecule has 4 aromatic rings. The van der Waals surface area contributed by atoms with Crippen molar-refractivity contribution >= 4 is 23.2 Å². The van der Waals surface area contributed by atoms with Crippen LogP contribution in [0.2, 0.25) is 5.02 Å². The van der Waals surface area contributed by atoms with Crippen molar-refractivity contribution in [2.24, 2.45) is 0 Å². The predicted octanol–water partition coefficient (Wildman–Crippen LogP) is 2.87. The number of nitrogens with one attached hydrogen (secondary N) is 2. The second kappa shape index (κ2) is 9.94. The van der Waals surface area contributed by atoms with Gasteiger partial charge in [0, 0.05) is 17.4 Å². The van der Waals surface area contributed by atoms with Gasteiger partial charge in [0.1, 0.15) is 5.75 Å². The molecule has 2 heterocycles. The van der Waals surface area contributed by atoms with Gasteiger partial charge in [0.05, 0.1) is 25.2 Å². The summed E-state index contributed by atoms with van der Waals surface area (Å²) in [6, 6.07) is 11.7. The molecule has 2 N–H and O–H groups in total. The molecule has 0 amide bonds. The summed E-state index contributed by atoms with van der Waals surface area (Å²) >= 11 is 5.77. The van der Waals surface area contributed by atoms with E-state index in [1.165, 1.54) is 25.4 Å². The second-order valence-electron chi connectivity index (χ2n) is 7.42. The average molecular weight is 502 g/mol. The molecule has 0 bridgehead atoms. The predicted molar refractivity (Wildman–Crippen MR) is 126 cm³/mol. The number of H-pyrrole nitrogens is 1. The largest absolute Gasteiger partial charge is 0.497 e. The van der Waals surface area contributed by atoms with Crippen molar-refractivity contribution in [2.75, 3.05) is 12.4 Å². The van der Waals surface area contributed by atoms with E-state index in [9.17, 15) is 23.2 Å². The van der Waals surface area contributed by atoms with Crippen LogP contribution in [0.25, 0.3) is 0 Å². The van der Waals surface area contributed by atoms with Crippen LogP contribution in [0.1, 0.15) is 11.1 Å². The van der Waals surface area contributed by atoms with E-state index in [0.717, 1.165) is 15.2 Å². The Bertz CT molecular complexity index is 1540. The van der Waals surface area contributed by atoms with Gasteiger partial charge in [-0.3, -0.25) is 9.36 Å². The highest BCUT2D eigenvalue weighted by atomic mass is 35.5. The molecule has 0 saturated heterocycles. The van der Waals surface area contributed by atoms with E-state index >= 15 is 0 Å². The molecule has 0 atom stereocenters. The van der Waals surface area contributed by atoms with E-state index in [1.807, 2.05) is 0 Å². The fourth-order valence-corrected chi connectivity index (χ4v) is 3.57. The smallest absolute Gasteiger partial charge is 0.355 e. The Labute approximate surface area is 201 Å². The van der Waals surface area contributed by atoms with Crippen molar-refractivity contribution in [3.8, 4) is 5.75 Å². The van der Waals surface area contributed by atoms with Crippen molar-refractivity contribution in [3.63, 3.8) is 0 Å². The third-order valence-electron chi connectivity index (χ3n) is 5.11. The molecule has 2 aromatic heterocycles. The van der Waals surface area contributed by atoms with Crippen LogP contribution in [-0.4, -0.2) is 26.2 Å². The lowest BCUT2D eigenvalue weighted by molar-refractivity contribution is 0.415. The fraction of sp³-hybridized carbons (Fsp3) is 0.130. The number of methoxy groups -OCH3 is 1. The highest BCUT2D eigenvalue weighted by molar-refractivity contribution is 6.30. The van der Waals surface area contributed by atoms with Crippen LogP contribution in [0.3, 0.4) is 0 Å². The third-order valence-corrected chi connectivity index (χ3v) is 5.38. The monoisotopic (exact) mass is 501 g/mol. The molecule has 0 aliphatic heterocycles. The summed E-state index contributed by atoms with van der Waals surface area (Å²) in [7, 11) is 1.51. The standard InChI is InChI=1S/C23H18ClF2N5O4/c1-35-16-6-4-15(5-7-16)28-21-29-22(33)31(12-14-3-2-8-27-20(14)32)23(34)30(21)11-13-9-17(24)19(26)18(25)10-13/h2-10H,11-12H2,1H3,(H,27,32)(H,28,29,33). The van der Waals surface area contributed by atoms with Gasteiger partial charge in [-0.05, 0) is 48.0 Å². The molecule has 35 heavy (non-hydrogen) atoms. The Kier molecular flexibility index (Phi) is 6.78. The highest BCUT2D eigenvalue weighted by Gasteiger charge is 2.17. The molecule has 9 nitrogen and oxygen atoms in total. The van der Waals surface area contributed by atoms with E-state index in [1.54, 1.807) is 30.3 Å². The number of anilines is 2.